The van der Waals surface area contributed by atoms with Crippen molar-refractivity contribution in [2.24, 2.45) is 0 Å². The number of hydrogen-bond acceptors (Lipinski definition) is 2. The SMILES string of the molecule is C[As]C[C@H](O)c1cccc(O)c1. The van der Waals surface area contributed by atoms with Crippen LogP contribution in [-0.4, -0.2) is 26.0 Å². The Bertz CT molecular complexity index is 250. The molecule has 1 rings (SSSR count). The Balaban J connectivity index is 2.73. The van der Waals surface area contributed by atoms with Crippen LogP contribution in [0.5, 0.6) is 5.75 Å². The number of aromatic hydroxyl groups is 1. The van der Waals surface area contributed by atoms with E-state index in [4.69, 9.17) is 5.11 Å². The van der Waals surface area contributed by atoms with Crippen molar-refractivity contribution in [3.63, 3.8) is 0 Å². The molecule has 0 aliphatic carbocycles. The quantitative estimate of drug-likeness (QED) is 0.770. The molecule has 0 saturated carbocycles. The first-order chi connectivity index (χ1) is 5.74. The molecule has 3 heteroatoms. The van der Waals surface area contributed by atoms with Crippen LogP contribution in [0, 0.1) is 0 Å². The van der Waals surface area contributed by atoms with Gasteiger partial charge in [-0.25, -0.2) is 0 Å². The molecule has 0 aliphatic heterocycles. The summed E-state index contributed by atoms with van der Waals surface area (Å²) in [7, 11) is 0. The van der Waals surface area contributed by atoms with Crippen LogP contribution in [0.3, 0.4) is 0 Å². The fraction of sp³-hybridized carbons (Fsp3) is 0.333. The van der Waals surface area contributed by atoms with Gasteiger partial charge >= 0.3 is 78.6 Å². The van der Waals surface area contributed by atoms with Gasteiger partial charge in [-0.05, 0) is 0 Å². The molecule has 0 heterocycles. The Morgan fingerprint density at radius 1 is 1.50 bits per heavy atom. The standard InChI is InChI=1S/C9H12AsO2/c1-10-6-9(12)7-3-2-4-8(11)5-7/h2-5,9,11-12H,6H2,1H3/t9-/m0/s1. The number of hydrogen-bond donors (Lipinski definition) is 2. The van der Waals surface area contributed by atoms with E-state index in [2.05, 4.69) is 5.71 Å². The van der Waals surface area contributed by atoms with Gasteiger partial charge in [0.2, 0.25) is 0 Å². The average molecular weight is 227 g/mol. The van der Waals surface area contributed by atoms with Crippen molar-refractivity contribution in [1.29, 1.82) is 0 Å². The van der Waals surface area contributed by atoms with Crippen LogP contribution >= 0.6 is 0 Å². The molecular formula is C9H12AsO2. The van der Waals surface area contributed by atoms with Gasteiger partial charge in [0.1, 0.15) is 0 Å². The van der Waals surface area contributed by atoms with Crippen molar-refractivity contribution in [1.82, 2.24) is 0 Å². The summed E-state index contributed by atoms with van der Waals surface area (Å²) in [6, 6.07) is 6.80. The van der Waals surface area contributed by atoms with E-state index in [9.17, 15) is 5.11 Å². The third-order valence-electron chi connectivity index (χ3n) is 1.61. The second-order valence-corrected chi connectivity index (χ2v) is 4.70. The normalized spacial score (nSPS) is 13.8. The number of aliphatic hydroxyl groups excluding tert-OH is 1. The van der Waals surface area contributed by atoms with Gasteiger partial charge in [-0.15, -0.1) is 0 Å². The van der Waals surface area contributed by atoms with Gasteiger partial charge in [0.15, 0.2) is 0 Å². The molecule has 1 aromatic carbocycles. The summed E-state index contributed by atoms with van der Waals surface area (Å²) in [6.07, 6.45) is -0.401. The van der Waals surface area contributed by atoms with Crippen LogP contribution in [0.2, 0.25) is 10.9 Å². The number of benzene rings is 1. The predicted molar refractivity (Wildman–Crippen MR) is 49.5 cm³/mol. The minimum absolute atomic E-state index is 0.221. The van der Waals surface area contributed by atoms with E-state index in [-0.39, 0.29) is 21.5 Å². The van der Waals surface area contributed by atoms with E-state index >= 15 is 0 Å². The van der Waals surface area contributed by atoms with Crippen molar-refractivity contribution < 1.29 is 10.2 Å². The maximum atomic E-state index is 9.56. The van der Waals surface area contributed by atoms with E-state index in [0.717, 1.165) is 10.8 Å². The van der Waals surface area contributed by atoms with Crippen LogP contribution in [0.1, 0.15) is 11.7 Å². The summed E-state index contributed by atoms with van der Waals surface area (Å²) in [6.45, 7) is 0. The molecule has 12 heavy (non-hydrogen) atoms. The van der Waals surface area contributed by atoms with E-state index in [1.54, 1.807) is 18.2 Å². The Labute approximate surface area is 78.9 Å². The van der Waals surface area contributed by atoms with Crippen LogP contribution in [0.4, 0.5) is 0 Å². The summed E-state index contributed by atoms with van der Waals surface area (Å²) < 4.78 is 0. The van der Waals surface area contributed by atoms with Crippen LogP contribution in [0.15, 0.2) is 24.3 Å². The van der Waals surface area contributed by atoms with Gasteiger partial charge in [-0.1, -0.05) is 0 Å². The van der Waals surface area contributed by atoms with E-state index in [1.165, 1.54) is 0 Å². The number of rotatable bonds is 3. The number of phenols is 1. The van der Waals surface area contributed by atoms with Crippen molar-refractivity contribution in [2.75, 3.05) is 0 Å². The molecule has 0 aromatic heterocycles. The van der Waals surface area contributed by atoms with E-state index in [1.807, 2.05) is 6.07 Å². The average Bonchev–Trinajstić information content (AvgIpc) is 2.05. The number of aliphatic hydroxyl groups is 1. The Morgan fingerprint density at radius 3 is 2.83 bits per heavy atom. The zero-order valence-electron chi connectivity index (χ0n) is 6.94. The summed E-state index contributed by atoms with van der Waals surface area (Å²) in [5.74, 6) is 0.221. The third kappa shape index (κ3) is 2.54. The van der Waals surface area contributed by atoms with Gasteiger partial charge in [-0.3, -0.25) is 0 Å². The predicted octanol–water partition coefficient (Wildman–Crippen LogP) is 1.60. The Hall–Kier alpha value is -0.462. The minimum atomic E-state index is -0.401. The molecular weight excluding hydrogens is 215 g/mol. The van der Waals surface area contributed by atoms with Crippen LogP contribution in [-0.2, 0) is 0 Å². The first-order valence-electron chi connectivity index (χ1n) is 3.76. The fourth-order valence-electron chi connectivity index (χ4n) is 1.01. The summed E-state index contributed by atoms with van der Waals surface area (Å²) in [4.78, 5) is 0. The van der Waals surface area contributed by atoms with Gasteiger partial charge < -0.3 is 0 Å². The molecule has 0 fully saturated rings. The first kappa shape index (κ1) is 9.63. The second kappa shape index (κ2) is 4.54. The van der Waals surface area contributed by atoms with Crippen molar-refractivity contribution >= 4 is 15.8 Å². The summed E-state index contributed by atoms with van der Waals surface area (Å²) in [5, 5.41) is 19.5. The van der Waals surface area contributed by atoms with Crippen LogP contribution < -0.4 is 0 Å². The van der Waals surface area contributed by atoms with Gasteiger partial charge in [-0.2, -0.15) is 0 Å². The first-order valence-corrected chi connectivity index (χ1v) is 6.97. The molecule has 2 N–H and O–H groups in total. The van der Waals surface area contributed by atoms with Crippen molar-refractivity contribution in [2.45, 2.75) is 17.0 Å². The van der Waals surface area contributed by atoms with Gasteiger partial charge in [0.05, 0.1) is 0 Å². The molecule has 0 saturated heterocycles. The molecule has 0 bridgehead atoms. The maximum absolute atomic E-state index is 9.56. The molecule has 65 valence electrons. The molecule has 0 spiro atoms. The molecule has 0 aliphatic rings. The molecule has 1 aromatic rings. The molecule has 1 radical (unpaired) electrons. The zero-order chi connectivity index (χ0) is 8.97. The van der Waals surface area contributed by atoms with Crippen molar-refractivity contribution in [3.8, 4) is 5.75 Å². The summed E-state index contributed by atoms with van der Waals surface area (Å²) >= 11 is 0.224. The molecule has 0 unspecified atom stereocenters. The van der Waals surface area contributed by atoms with E-state index < -0.39 is 6.10 Å². The fourth-order valence-corrected chi connectivity index (χ4v) is 2.18. The Morgan fingerprint density at radius 2 is 2.25 bits per heavy atom. The number of phenolic OH excluding ortho intramolecular Hbond substituents is 1. The third-order valence-corrected chi connectivity index (χ3v) is 3.10. The van der Waals surface area contributed by atoms with Crippen LogP contribution in [0.25, 0.3) is 0 Å². The molecule has 0 amide bonds. The molecule has 2 nitrogen and oxygen atoms in total. The van der Waals surface area contributed by atoms with Gasteiger partial charge in [0.25, 0.3) is 0 Å². The second-order valence-electron chi connectivity index (χ2n) is 2.61. The van der Waals surface area contributed by atoms with Gasteiger partial charge in [0, 0.05) is 0 Å². The Kier molecular flexibility index (Phi) is 3.64. The topological polar surface area (TPSA) is 40.5 Å². The summed E-state index contributed by atoms with van der Waals surface area (Å²) in [5.41, 5.74) is 2.93. The monoisotopic (exact) mass is 227 g/mol. The van der Waals surface area contributed by atoms with E-state index in [0.29, 0.717) is 0 Å². The van der Waals surface area contributed by atoms with Crippen molar-refractivity contribution in [3.05, 3.63) is 29.8 Å². The molecule has 1 atom stereocenters. The zero-order valence-corrected chi connectivity index (χ0v) is 8.81.